The zero-order chi connectivity index (χ0) is 10.1. The van der Waals surface area contributed by atoms with Gasteiger partial charge in [0.2, 0.25) is 0 Å². The van der Waals surface area contributed by atoms with Crippen LogP contribution in [0.25, 0.3) is 0 Å². The maximum atomic E-state index is 10.8. The number of carboxylic acids is 1. The van der Waals surface area contributed by atoms with Gasteiger partial charge < -0.3 is 5.11 Å². The standard InChI is InChI=1S/C10H13ClO2/c1-7-5-3-4-6-10(7,2)8(11)9(12)13/h3-8H,1-2H3,(H,12,13). The van der Waals surface area contributed by atoms with Gasteiger partial charge in [-0.1, -0.05) is 38.2 Å². The van der Waals surface area contributed by atoms with Gasteiger partial charge in [0.1, 0.15) is 5.38 Å². The molecule has 0 spiro atoms. The van der Waals surface area contributed by atoms with Gasteiger partial charge in [0, 0.05) is 5.41 Å². The molecule has 1 N–H and O–H groups in total. The third kappa shape index (κ3) is 1.78. The van der Waals surface area contributed by atoms with Crippen LogP contribution in [0.5, 0.6) is 0 Å². The number of rotatable bonds is 2. The van der Waals surface area contributed by atoms with E-state index in [9.17, 15) is 4.79 Å². The van der Waals surface area contributed by atoms with E-state index in [1.807, 2.05) is 38.2 Å². The van der Waals surface area contributed by atoms with Crippen molar-refractivity contribution in [3.05, 3.63) is 24.3 Å². The Morgan fingerprint density at radius 3 is 2.69 bits per heavy atom. The largest absolute Gasteiger partial charge is 0.480 e. The Hall–Kier alpha value is -0.760. The van der Waals surface area contributed by atoms with Crippen LogP contribution in [0.4, 0.5) is 0 Å². The molecule has 3 heteroatoms. The first-order valence-corrected chi connectivity index (χ1v) is 4.65. The number of hydrogen-bond acceptors (Lipinski definition) is 1. The van der Waals surface area contributed by atoms with Crippen LogP contribution in [-0.2, 0) is 4.79 Å². The van der Waals surface area contributed by atoms with Gasteiger partial charge in [0.25, 0.3) is 0 Å². The first-order chi connectivity index (χ1) is 5.98. The summed E-state index contributed by atoms with van der Waals surface area (Å²) in [5, 5.41) is 7.96. The molecule has 3 atom stereocenters. The Morgan fingerprint density at radius 2 is 2.23 bits per heavy atom. The smallest absolute Gasteiger partial charge is 0.322 e. The Morgan fingerprint density at radius 1 is 1.62 bits per heavy atom. The SMILES string of the molecule is CC1C=CC=CC1(C)C(Cl)C(=O)O. The van der Waals surface area contributed by atoms with Gasteiger partial charge >= 0.3 is 5.97 Å². The molecule has 0 aromatic carbocycles. The Labute approximate surface area is 82.9 Å². The molecule has 0 aromatic heterocycles. The number of carbonyl (C=O) groups is 1. The van der Waals surface area contributed by atoms with Crippen molar-refractivity contribution >= 4 is 17.6 Å². The fourth-order valence-corrected chi connectivity index (χ4v) is 1.71. The Bertz CT molecular complexity index is 270. The molecular weight excluding hydrogens is 188 g/mol. The van der Waals surface area contributed by atoms with E-state index in [4.69, 9.17) is 16.7 Å². The van der Waals surface area contributed by atoms with E-state index in [2.05, 4.69) is 0 Å². The summed E-state index contributed by atoms with van der Waals surface area (Å²) in [6.07, 6.45) is 7.60. The van der Waals surface area contributed by atoms with Crippen LogP contribution in [0.1, 0.15) is 13.8 Å². The zero-order valence-electron chi connectivity index (χ0n) is 7.70. The quantitative estimate of drug-likeness (QED) is 0.696. The van der Waals surface area contributed by atoms with E-state index in [1.165, 1.54) is 0 Å². The van der Waals surface area contributed by atoms with Crippen molar-refractivity contribution in [3.63, 3.8) is 0 Å². The molecule has 2 nitrogen and oxygen atoms in total. The highest BCUT2D eigenvalue weighted by atomic mass is 35.5. The summed E-state index contributed by atoms with van der Waals surface area (Å²) in [6, 6.07) is 0. The molecule has 0 radical (unpaired) electrons. The van der Waals surface area contributed by atoms with Crippen LogP contribution in [-0.4, -0.2) is 16.5 Å². The summed E-state index contributed by atoms with van der Waals surface area (Å²) in [4.78, 5) is 10.8. The number of aliphatic carboxylic acids is 1. The summed E-state index contributed by atoms with van der Waals surface area (Å²) in [7, 11) is 0. The van der Waals surface area contributed by atoms with Gasteiger partial charge in [0.15, 0.2) is 0 Å². The molecule has 0 bridgehead atoms. The summed E-state index contributed by atoms with van der Waals surface area (Å²) in [5.41, 5.74) is -0.484. The second-order valence-electron chi connectivity index (χ2n) is 3.60. The topological polar surface area (TPSA) is 37.3 Å². The van der Waals surface area contributed by atoms with Crippen molar-refractivity contribution in [1.29, 1.82) is 0 Å². The molecule has 1 rings (SSSR count). The molecule has 0 saturated heterocycles. The average molecular weight is 201 g/mol. The first kappa shape index (κ1) is 10.3. The summed E-state index contributed by atoms with van der Waals surface area (Å²) >= 11 is 5.85. The number of halogens is 1. The van der Waals surface area contributed by atoms with Gasteiger partial charge in [-0.3, -0.25) is 4.79 Å². The lowest BCUT2D eigenvalue weighted by molar-refractivity contribution is -0.138. The third-order valence-electron chi connectivity index (χ3n) is 2.71. The van der Waals surface area contributed by atoms with Crippen LogP contribution in [0, 0.1) is 11.3 Å². The minimum Gasteiger partial charge on any atom is -0.480 e. The van der Waals surface area contributed by atoms with Gasteiger partial charge in [-0.15, -0.1) is 11.6 Å². The number of carboxylic acid groups (broad SMARTS) is 1. The number of hydrogen-bond donors (Lipinski definition) is 1. The van der Waals surface area contributed by atoms with Crippen LogP contribution in [0.3, 0.4) is 0 Å². The highest BCUT2D eigenvalue weighted by Crippen LogP contribution is 2.39. The lowest BCUT2D eigenvalue weighted by Crippen LogP contribution is -2.38. The van der Waals surface area contributed by atoms with Crippen molar-refractivity contribution in [1.82, 2.24) is 0 Å². The van der Waals surface area contributed by atoms with Crippen LogP contribution >= 0.6 is 11.6 Å². The van der Waals surface area contributed by atoms with E-state index in [1.54, 1.807) is 0 Å². The van der Waals surface area contributed by atoms with Crippen LogP contribution in [0.2, 0.25) is 0 Å². The van der Waals surface area contributed by atoms with E-state index >= 15 is 0 Å². The highest BCUT2D eigenvalue weighted by Gasteiger charge is 2.40. The van der Waals surface area contributed by atoms with Crippen molar-refractivity contribution in [2.45, 2.75) is 19.2 Å². The van der Waals surface area contributed by atoms with Gasteiger partial charge in [0.05, 0.1) is 0 Å². The highest BCUT2D eigenvalue weighted by molar-refractivity contribution is 6.30. The molecule has 0 aliphatic heterocycles. The third-order valence-corrected chi connectivity index (χ3v) is 3.37. The average Bonchev–Trinajstić information content (AvgIpc) is 2.09. The van der Waals surface area contributed by atoms with Gasteiger partial charge in [-0.05, 0) is 5.92 Å². The predicted octanol–water partition coefficient (Wildman–Crippen LogP) is 2.45. The molecule has 0 saturated carbocycles. The molecule has 1 aliphatic rings. The second kappa shape index (κ2) is 3.54. The second-order valence-corrected chi connectivity index (χ2v) is 4.04. The Kier molecular flexibility index (Phi) is 2.81. The van der Waals surface area contributed by atoms with Crippen molar-refractivity contribution in [3.8, 4) is 0 Å². The maximum absolute atomic E-state index is 10.8. The normalized spacial score (nSPS) is 34.5. The van der Waals surface area contributed by atoms with E-state index in [0.29, 0.717) is 0 Å². The molecule has 72 valence electrons. The molecule has 0 aromatic rings. The molecule has 0 amide bonds. The molecule has 0 heterocycles. The Balaban J connectivity index is 2.93. The number of allylic oxidation sites excluding steroid dienone is 4. The van der Waals surface area contributed by atoms with E-state index in [-0.39, 0.29) is 5.92 Å². The fraction of sp³-hybridized carbons (Fsp3) is 0.500. The zero-order valence-corrected chi connectivity index (χ0v) is 8.45. The lowest BCUT2D eigenvalue weighted by Gasteiger charge is -2.34. The minimum atomic E-state index is -0.962. The molecule has 3 unspecified atom stereocenters. The van der Waals surface area contributed by atoms with Crippen LogP contribution in [0.15, 0.2) is 24.3 Å². The minimum absolute atomic E-state index is 0.149. The lowest BCUT2D eigenvalue weighted by atomic mass is 9.73. The first-order valence-electron chi connectivity index (χ1n) is 4.21. The molecular formula is C10H13ClO2. The van der Waals surface area contributed by atoms with Crippen molar-refractivity contribution in [2.24, 2.45) is 11.3 Å². The van der Waals surface area contributed by atoms with E-state index < -0.39 is 16.8 Å². The van der Waals surface area contributed by atoms with Gasteiger partial charge in [-0.2, -0.15) is 0 Å². The van der Waals surface area contributed by atoms with E-state index in [0.717, 1.165) is 0 Å². The summed E-state index contributed by atoms with van der Waals surface area (Å²) in [6.45, 7) is 3.84. The fourth-order valence-electron chi connectivity index (χ4n) is 1.43. The van der Waals surface area contributed by atoms with Gasteiger partial charge in [-0.25, -0.2) is 0 Å². The monoisotopic (exact) mass is 200 g/mol. The summed E-state index contributed by atoms with van der Waals surface area (Å²) in [5.74, 6) is -0.813. The maximum Gasteiger partial charge on any atom is 0.322 e. The van der Waals surface area contributed by atoms with Crippen LogP contribution < -0.4 is 0 Å². The number of alkyl halides is 1. The molecule has 1 aliphatic carbocycles. The molecule has 0 fully saturated rings. The van der Waals surface area contributed by atoms with Crippen molar-refractivity contribution in [2.75, 3.05) is 0 Å². The predicted molar refractivity (Wildman–Crippen MR) is 52.8 cm³/mol. The van der Waals surface area contributed by atoms with Crippen molar-refractivity contribution < 1.29 is 9.90 Å². The molecule has 13 heavy (non-hydrogen) atoms. The summed E-state index contributed by atoms with van der Waals surface area (Å²) < 4.78 is 0.